The van der Waals surface area contributed by atoms with Crippen LogP contribution in [0.4, 0.5) is 4.79 Å². The van der Waals surface area contributed by atoms with Crippen molar-refractivity contribution < 1.29 is 56.9 Å². The number of hydrogen-bond acceptors (Lipinski definition) is 12. The maximum absolute atomic E-state index is 11.8. The van der Waals surface area contributed by atoms with Crippen molar-refractivity contribution >= 4 is 6.09 Å². The molecule has 250 valence electrons. The van der Waals surface area contributed by atoms with Crippen LogP contribution >= 0.6 is 0 Å². The van der Waals surface area contributed by atoms with Crippen molar-refractivity contribution in [2.75, 3.05) is 146 Å². The summed E-state index contributed by atoms with van der Waals surface area (Å²) < 4.78 is 59.5. The van der Waals surface area contributed by atoms with Gasteiger partial charge in [0.2, 0.25) is 0 Å². The van der Waals surface area contributed by atoms with Crippen LogP contribution in [0.2, 0.25) is 0 Å². The molecule has 0 heterocycles. The zero-order chi connectivity index (χ0) is 31.0. The van der Waals surface area contributed by atoms with Crippen molar-refractivity contribution in [2.45, 2.75) is 26.4 Å². The van der Waals surface area contributed by atoms with Crippen LogP contribution in [-0.2, 0) is 52.1 Å². The lowest BCUT2D eigenvalue weighted by Gasteiger charge is -2.24. The van der Waals surface area contributed by atoms with Crippen molar-refractivity contribution in [3.8, 4) is 0 Å². The Balaban J connectivity index is 3.15. The maximum Gasteiger partial charge on any atom is 0.410 e. The molecule has 0 aliphatic heterocycles. The summed E-state index contributed by atoms with van der Waals surface area (Å²) in [4.78, 5) is 13.3. The van der Waals surface area contributed by atoms with Gasteiger partial charge in [0.15, 0.2) is 0 Å². The normalized spacial score (nSPS) is 11.6. The van der Waals surface area contributed by atoms with Crippen LogP contribution < -0.4 is 0 Å². The van der Waals surface area contributed by atoms with Gasteiger partial charge in [-0.15, -0.1) is 6.58 Å². The zero-order valence-corrected chi connectivity index (χ0v) is 26.5. The third kappa shape index (κ3) is 33.1. The number of carbonyl (C=O) groups is 1. The SMILES string of the molecule is C=CCOCCOCCOCCOCCOCCOCCOCCOCCOCCOCCN(C)C(=O)OC(C)(C)C. The fraction of sp³-hybridized carbons (Fsp3) is 0.897. The highest BCUT2D eigenvalue weighted by atomic mass is 16.6. The Bertz CT molecular complexity index is 591. The number of hydrogen-bond donors (Lipinski definition) is 0. The Morgan fingerprint density at radius 1 is 0.524 bits per heavy atom. The van der Waals surface area contributed by atoms with Crippen molar-refractivity contribution in [1.29, 1.82) is 0 Å². The van der Waals surface area contributed by atoms with Gasteiger partial charge in [-0.25, -0.2) is 4.79 Å². The highest BCUT2D eigenvalue weighted by Crippen LogP contribution is 2.08. The van der Waals surface area contributed by atoms with Gasteiger partial charge in [0.25, 0.3) is 0 Å². The summed E-state index contributed by atoms with van der Waals surface area (Å²) in [5.74, 6) is 0. The van der Waals surface area contributed by atoms with Crippen LogP contribution in [0.3, 0.4) is 0 Å². The van der Waals surface area contributed by atoms with E-state index in [1.165, 1.54) is 4.90 Å². The molecule has 0 rings (SSSR count). The number of likely N-dealkylation sites (N-methyl/N-ethyl adjacent to an activating group) is 1. The summed E-state index contributed by atoms with van der Waals surface area (Å²) in [6.45, 7) is 19.6. The molecule has 0 fully saturated rings. The number of carbonyl (C=O) groups excluding carboxylic acids is 1. The minimum atomic E-state index is -0.507. The number of rotatable bonds is 32. The molecular formula is C29H57NO12. The first-order valence-corrected chi connectivity index (χ1v) is 14.7. The van der Waals surface area contributed by atoms with Gasteiger partial charge in [0.1, 0.15) is 5.60 Å². The second kappa shape index (κ2) is 31.0. The number of nitrogens with zero attached hydrogens (tertiary/aromatic N) is 1. The van der Waals surface area contributed by atoms with Crippen LogP contribution in [-0.4, -0.2) is 162 Å². The fourth-order valence-corrected chi connectivity index (χ4v) is 2.78. The van der Waals surface area contributed by atoms with E-state index in [0.29, 0.717) is 139 Å². The van der Waals surface area contributed by atoms with E-state index in [9.17, 15) is 4.79 Å². The van der Waals surface area contributed by atoms with Crippen LogP contribution in [0, 0.1) is 0 Å². The Morgan fingerprint density at radius 2 is 0.786 bits per heavy atom. The molecule has 0 unspecified atom stereocenters. The lowest BCUT2D eigenvalue weighted by atomic mass is 10.2. The molecule has 0 aliphatic carbocycles. The average molecular weight is 612 g/mol. The Morgan fingerprint density at radius 3 is 1.05 bits per heavy atom. The first-order valence-electron chi connectivity index (χ1n) is 14.7. The van der Waals surface area contributed by atoms with Gasteiger partial charge in [-0.05, 0) is 20.8 Å². The molecular weight excluding hydrogens is 554 g/mol. The van der Waals surface area contributed by atoms with Gasteiger partial charge >= 0.3 is 6.09 Å². The molecule has 42 heavy (non-hydrogen) atoms. The maximum atomic E-state index is 11.8. The van der Waals surface area contributed by atoms with Crippen molar-refractivity contribution in [2.24, 2.45) is 0 Å². The fourth-order valence-electron chi connectivity index (χ4n) is 2.78. The first kappa shape index (κ1) is 40.6. The van der Waals surface area contributed by atoms with Gasteiger partial charge in [-0.3, -0.25) is 0 Å². The van der Waals surface area contributed by atoms with Crippen LogP contribution in [0.5, 0.6) is 0 Å². The van der Waals surface area contributed by atoms with E-state index in [0.717, 1.165) is 0 Å². The minimum Gasteiger partial charge on any atom is -0.444 e. The lowest BCUT2D eigenvalue weighted by molar-refractivity contribution is -0.0264. The van der Waals surface area contributed by atoms with E-state index in [1.807, 2.05) is 20.8 Å². The van der Waals surface area contributed by atoms with Crippen molar-refractivity contribution in [1.82, 2.24) is 4.90 Å². The highest BCUT2D eigenvalue weighted by Gasteiger charge is 2.19. The van der Waals surface area contributed by atoms with Gasteiger partial charge in [0.05, 0.1) is 132 Å². The molecule has 0 spiro atoms. The largest absolute Gasteiger partial charge is 0.444 e. The third-order valence-corrected chi connectivity index (χ3v) is 4.86. The van der Waals surface area contributed by atoms with Crippen LogP contribution in [0.1, 0.15) is 20.8 Å². The van der Waals surface area contributed by atoms with E-state index in [-0.39, 0.29) is 6.09 Å². The molecule has 0 aliphatic rings. The topological polar surface area (TPSA) is 122 Å². The predicted molar refractivity (Wildman–Crippen MR) is 157 cm³/mol. The molecule has 0 saturated carbocycles. The van der Waals surface area contributed by atoms with E-state index < -0.39 is 5.60 Å². The molecule has 0 atom stereocenters. The Kier molecular flexibility index (Phi) is 30.0. The summed E-state index contributed by atoms with van der Waals surface area (Å²) in [5.41, 5.74) is -0.507. The summed E-state index contributed by atoms with van der Waals surface area (Å²) in [5, 5.41) is 0. The highest BCUT2D eigenvalue weighted by molar-refractivity contribution is 5.67. The second-order valence-corrected chi connectivity index (χ2v) is 9.78. The molecule has 0 aromatic heterocycles. The summed E-state index contributed by atoms with van der Waals surface area (Å²) in [6, 6.07) is 0. The zero-order valence-electron chi connectivity index (χ0n) is 26.5. The number of ether oxygens (including phenoxy) is 11. The van der Waals surface area contributed by atoms with E-state index in [2.05, 4.69) is 6.58 Å². The average Bonchev–Trinajstić information content (AvgIpc) is 2.95. The Hall–Kier alpha value is -1.39. The lowest BCUT2D eigenvalue weighted by Crippen LogP contribution is -2.36. The first-order chi connectivity index (χ1) is 20.4. The predicted octanol–water partition coefficient (Wildman–Crippen LogP) is 2.21. The van der Waals surface area contributed by atoms with Gasteiger partial charge in [-0.1, -0.05) is 6.08 Å². The Labute approximate surface area is 252 Å². The van der Waals surface area contributed by atoms with Gasteiger partial charge < -0.3 is 57.0 Å². The summed E-state index contributed by atoms with van der Waals surface area (Å²) in [6.07, 6.45) is 1.35. The van der Waals surface area contributed by atoms with E-state index >= 15 is 0 Å². The van der Waals surface area contributed by atoms with Gasteiger partial charge in [-0.2, -0.15) is 0 Å². The molecule has 0 N–H and O–H groups in total. The van der Waals surface area contributed by atoms with Crippen LogP contribution in [0.15, 0.2) is 12.7 Å². The molecule has 0 radical (unpaired) electrons. The van der Waals surface area contributed by atoms with Crippen molar-refractivity contribution in [3.63, 3.8) is 0 Å². The second-order valence-electron chi connectivity index (χ2n) is 9.78. The monoisotopic (exact) mass is 611 g/mol. The molecule has 0 saturated heterocycles. The molecule has 13 heteroatoms. The third-order valence-electron chi connectivity index (χ3n) is 4.86. The summed E-state index contributed by atoms with van der Waals surface area (Å²) in [7, 11) is 1.68. The molecule has 0 aromatic rings. The molecule has 13 nitrogen and oxygen atoms in total. The minimum absolute atomic E-state index is 0.363. The molecule has 0 bridgehead atoms. The van der Waals surface area contributed by atoms with Crippen molar-refractivity contribution in [3.05, 3.63) is 12.7 Å². The van der Waals surface area contributed by atoms with Crippen LogP contribution in [0.25, 0.3) is 0 Å². The summed E-state index contributed by atoms with van der Waals surface area (Å²) >= 11 is 0. The molecule has 0 aromatic carbocycles. The smallest absolute Gasteiger partial charge is 0.410 e. The number of amides is 1. The quantitative estimate of drug-likeness (QED) is 0.0819. The van der Waals surface area contributed by atoms with E-state index in [4.69, 9.17) is 52.1 Å². The standard InChI is InChI=1S/C29H57NO12/c1-6-8-32-10-12-34-14-16-36-18-20-38-22-24-40-26-27-41-25-23-39-21-19-37-17-15-35-13-11-33-9-7-30(5)28(31)42-29(2,3)4/h6H,1,7-27H2,2-5H3. The molecule has 1 amide bonds. The van der Waals surface area contributed by atoms with E-state index in [1.54, 1.807) is 13.1 Å². The van der Waals surface area contributed by atoms with Gasteiger partial charge in [0, 0.05) is 13.6 Å².